The molecule has 2 atom stereocenters. The van der Waals surface area contributed by atoms with Crippen LogP contribution in [-0.2, 0) is 12.8 Å². The second-order valence-corrected chi connectivity index (χ2v) is 8.33. The van der Waals surface area contributed by atoms with Gasteiger partial charge in [0.25, 0.3) is 0 Å². The van der Waals surface area contributed by atoms with Gasteiger partial charge in [0.1, 0.15) is 0 Å². The van der Waals surface area contributed by atoms with Crippen LogP contribution < -0.4 is 16.0 Å². The van der Waals surface area contributed by atoms with Crippen molar-refractivity contribution in [1.29, 1.82) is 0 Å². The number of hydrogen-bond acceptors (Lipinski definition) is 2. The van der Waals surface area contributed by atoms with Crippen LogP contribution in [0.3, 0.4) is 0 Å². The molecule has 1 aliphatic carbocycles. The molecule has 4 N–H and O–H groups in total. The normalized spacial score (nSPS) is 18.0. The van der Waals surface area contributed by atoms with Gasteiger partial charge in [-0.3, -0.25) is 0 Å². The molecule has 3 rings (SSSR count). The summed E-state index contributed by atoms with van der Waals surface area (Å²) in [5, 5.41) is 12.3. The summed E-state index contributed by atoms with van der Waals surface area (Å²) in [6.45, 7) is 9.80. The van der Waals surface area contributed by atoms with E-state index < -0.39 is 0 Å². The molecular weight excluding hydrogens is 340 g/mol. The number of thiocarbonyl (C=S) groups is 1. The molecule has 2 unspecified atom stereocenters. The highest BCUT2D eigenvalue weighted by Crippen LogP contribution is 2.33. The molecular formula is C21H32N4S. The highest BCUT2D eigenvalue weighted by Gasteiger charge is 2.22. The maximum absolute atomic E-state index is 5.39. The van der Waals surface area contributed by atoms with Crippen LogP contribution >= 0.6 is 12.2 Å². The number of aromatic amines is 1. The molecule has 1 heterocycles. The Morgan fingerprint density at radius 1 is 1.31 bits per heavy atom. The molecule has 0 saturated carbocycles. The number of benzene rings is 1. The average molecular weight is 373 g/mol. The first-order chi connectivity index (χ1) is 12.5. The topological polar surface area (TPSA) is 51.9 Å². The Balaban J connectivity index is 1.75. The van der Waals surface area contributed by atoms with Gasteiger partial charge in [-0.1, -0.05) is 6.92 Å². The summed E-state index contributed by atoms with van der Waals surface area (Å²) < 4.78 is 0. The van der Waals surface area contributed by atoms with Gasteiger partial charge in [0.2, 0.25) is 0 Å². The summed E-state index contributed by atoms with van der Waals surface area (Å²) in [5.74, 6) is 0.718. The molecule has 0 saturated heterocycles. The molecule has 142 valence electrons. The molecule has 0 spiro atoms. The van der Waals surface area contributed by atoms with Crippen molar-refractivity contribution < 1.29 is 0 Å². The minimum atomic E-state index is 0.331. The predicted octanol–water partition coefficient (Wildman–Crippen LogP) is 4.36. The van der Waals surface area contributed by atoms with E-state index in [0.717, 1.165) is 31.0 Å². The fourth-order valence-electron chi connectivity index (χ4n) is 3.68. The average Bonchev–Trinajstić information content (AvgIpc) is 2.96. The molecule has 5 heteroatoms. The maximum Gasteiger partial charge on any atom is 0.170 e. The maximum atomic E-state index is 5.39. The second-order valence-electron chi connectivity index (χ2n) is 7.92. The first-order valence-corrected chi connectivity index (χ1v) is 10.3. The Bertz CT molecular complexity index is 765. The molecule has 0 radical (unpaired) electrons. The Hall–Kier alpha value is -1.59. The Labute approximate surface area is 162 Å². The minimum absolute atomic E-state index is 0.331. The molecule has 1 aliphatic rings. The van der Waals surface area contributed by atoms with Gasteiger partial charge < -0.3 is 20.9 Å². The van der Waals surface area contributed by atoms with E-state index in [1.807, 2.05) is 0 Å². The van der Waals surface area contributed by atoms with Gasteiger partial charge in [-0.05, 0) is 94.9 Å². The van der Waals surface area contributed by atoms with E-state index in [4.69, 9.17) is 12.2 Å². The Kier molecular flexibility index (Phi) is 6.20. The zero-order chi connectivity index (χ0) is 18.7. The van der Waals surface area contributed by atoms with Crippen molar-refractivity contribution in [3.05, 3.63) is 29.5 Å². The van der Waals surface area contributed by atoms with Crippen molar-refractivity contribution in [3.63, 3.8) is 0 Å². The zero-order valence-corrected chi connectivity index (χ0v) is 17.2. The van der Waals surface area contributed by atoms with Crippen LogP contribution in [0.4, 0.5) is 5.69 Å². The first kappa shape index (κ1) is 19.2. The Morgan fingerprint density at radius 2 is 2.12 bits per heavy atom. The lowest BCUT2D eigenvalue weighted by Gasteiger charge is -2.24. The third-order valence-corrected chi connectivity index (χ3v) is 5.55. The summed E-state index contributed by atoms with van der Waals surface area (Å²) >= 11 is 5.39. The van der Waals surface area contributed by atoms with Crippen LogP contribution in [0.2, 0.25) is 0 Å². The third kappa shape index (κ3) is 4.57. The summed E-state index contributed by atoms with van der Waals surface area (Å²) in [4.78, 5) is 3.63. The number of aromatic nitrogens is 1. The quantitative estimate of drug-likeness (QED) is 0.569. The van der Waals surface area contributed by atoms with Gasteiger partial charge in [0, 0.05) is 34.4 Å². The van der Waals surface area contributed by atoms with Gasteiger partial charge in [0.15, 0.2) is 5.11 Å². The molecule has 0 fully saturated rings. The lowest BCUT2D eigenvalue weighted by atomic mass is 9.86. The number of aryl methyl sites for hydroxylation is 1. The van der Waals surface area contributed by atoms with Gasteiger partial charge in [-0.2, -0.15) is 0 Å². The van der Waals surface area contributed by atoms with Crippen LogP contribution in [-0.4, -0.2) is 28.7 Å². The van der Waals surface area contributed by atoms with Gasteiger partial charge in [-0.15, -0.1) is 0 Å². The molecule has 0 bridgehead atoms. The number of fused-ring (bicyclic) bond motifs is 3. The van der Waals surface area contributed by atoms with Gasteiger partial charge >= 0.3 is 0 Å². The fourth-order valence-corrected chi connectivity index (χ4v) is 4.04. The minimum Gasteiger partial charge on any atom is -0.360 e. The summed E-state index contributed by atoms with van der Waals surface area (Å²) in [6, 6.07) is 7.44. The van der Waals surface area contributed by atoms with Crippen LogP contribution in [0.5, 0.6) is 0 Å². The number of anilines is 1. The number of rotatable bonds is 6. The highest BCUT2D eigenvalue weighted by atomic mass is 32.1. The second kappa shape index (κ2) is 8.40. The van der Waals surface area contributed by atoms with Crippen molar-refractivity contribution in [2.24, 2.45) is 5.92 Å². The molecule has 1 aromatic heterocycles. The lowest BCUT2D eigenvalue weighted by Crippen LogP contribution is -2.33. The van der Waals surface area contributed by atoms with Crippen molar-refractivity contribution in [3.8, 4) is 0 Å². The van der Waals surface area contributed by atoms with Crippen LogP contribution in [0, 0.1) is 5.92 Å². The summed E-state index contributed by atoms with van der Waals surface area (Å²) in [6.07, 6.45) is 4.74. The molecule has 2 aromatic rings. The molecule has 0 aliphatic heterocycles. The number of nitrogens with one attached hydrogen (secondary N) is 4. The van der Waals surface area contributed by atoms with E-state index in [-0.39, 0.29) is 0 Å². The van der Waals surface area contributed by atoms with Crippen molar-refractivity contribution in [2.75, 3.05) is 11.9 Å². The number of H-pyrrole nitrogens is 1. The smallest absolute Gasteiger partial charge is 0.170 e. The molecule has 0 amide bonds. The van der Waals surface area contributed by atoms with Crippen LogP contribution in [0.1, 0.15) is 51.8 Å². The van der Waals surface area contributed by atoms with E-state index in [1.54, 1.807) is 0 Å². The van der Waals surface area contributed by atoms with E-state index in [0.29, 0.717) is 17.2 Å². The van der Waals surface area contributed by atoms with E-state index >= 15 is 0 Å². The highest BCUT2D eigenvalue weighted by molar-refractivity contribution is 7.80. The first-order valence-electron chi connectivity index (χ1n) is 9.90. The summed E-state index contributed by atoms with van der Waals surface area (Å²) in [7, 11) is 0. The largest absolute Gasteiger partial charge is 0.360 e. The van der Waals surface area contributed by atoms with Gasteiger partial charge in [-0.25, -0.2) is 0 Å². The monoisotopic (exact) mass is 372 g/mol. The Morgan fingerprint density at radius 3 is 2.85 bits per heavy atom. The zero-order valence-electron chi connectivity index (χ0n) is 16.4. The third-order valence-electron chi connectivity index (χ3n) is 5.33. The van der Waals surface area contributed by atoms with Crippen LogP contribution in [0.25, 0.3) is 10.9 Å². The standard InChI is InChI=1S/C21H32N4S/c1-5-14(4)22-12-15-6-8-19-17(10-15)18-11-16(7-9-20(18)25-19)24-21(26)23-13(2)3/h7,9,11,13-15,22,25H,5-6,8,10,12H2,1-4H3,(H2,23,24,26). The van der Waals surface area contributed by atoms with Gasteiger partial charge in [0.05, 0.1) is 0 Å². The van der Waals surface area contributed by atoms with Crippen molar-refractivity contribution in [1.82, 2.24) is 15.6 Å². The van der Waals surface area contributed by atoms with E-state index in [2.05, 4.69) is 66.8 Å². The molecule has 26 heavy (non-hydrogen) atoms. The fraction of sp³-hybridized carbons (Fsp3) is 0.571. The number of hydrogen-bond donors (Lipinski definition) is 4. The van der Waals surface area contributed by atoms with E-state index in [1.165, 1.54) is 35.0 Å². The van der Waals surface area contributed by atoms with Crippen LogP contribution in [0.15, 0.2) is 18.2 Å². The summed E-state index contributed by atoms with van der Waals surface area (Å²) in [5.41, 5.74) is 5.20. The molecule has 1 aromatic carbocycles. The van der Waals surface area contributed by atoms with E-state index in [9.17, 15) is 0 Å². The SMILES string of the molecule is CCC(C)NCC1CCc2[nH]c3ccc(NC(=S)NC(C)C)cc3c2C1. The predicted molar refractivity (Wildman–Crippen MR) is 116 cm³/mol. The van der Waals surface area contributed by atoms with Crippen molar-refractivity contribution in [2.45, 2.75) is 65.5 Å². The van der Waals surface area contributed by atoms with Crippen molar-refractivity contribution >= 4 is 33.9 Å². The lowest BCUT2D eigenvalue weighted by molar-refractivity contribution is 0.395. The molecule has 4 nitrogen and oxygen atoms in total.